The molecule has 0 saturated carbocycles. The van der Waals surface area contributed by atoms with E-state index in [0.717, 1.165) is 11.1 Å². The van der Waals surface area contributed by atoms with E-state index in [9.17, 15) is 4.79 Å². The molecule has 0 saturated heterocycles. The second kappa shape index (κ2) is 5.27. The van der Waals surface area contributed by atoms with Gasteiger partial charge in [-0.3, -0.25) is 4.79 Å². The molecule has 1 aromatic rings. The molecule has 0 aliphatic heterocycles. The number of halogens is 1. The molecule has 1 nitrogen and oxygen atoms in total. The van der Waals surface area contributed by atoms with Crippen LogP contribution in [-0.2, 0) is 4.79 Å². The van der Waals surface area contributed by atoms with Crippen molar-refractivity contribution in [3.8, 4) is 0 Å². The average molecular weight is 265 g/mol. The molecule has 0 fully saturated rings. The summed E-state index contributed by atoms with van der Waals surface area (Å²) < 4.78 is 0. The lowest BCUT2D eigenvalue weighted by atomic mass is 9.80. The van der Waals surface area contributed by atoms with Crippen molar-refractivity contribution >= 4 is 23.0 Å². The third kappa shape index (κ3) is 3.23. The maximum Gasteiger partial charge on any atom is 0.135 e. The molecule has 0 aliphatic carbocycles. The highest BCUT2D eigenvalue weighted by Crippen LogP contribution is 2.34. The molecular weight excluding hydrogens is 244 g/mol. The number of carbonyl (C=O) groups is 1. The molecule has 2 heteroatoms. The fraction of sp³-hybridized carbons (Fsp3) is 0.438. The highest BCUT2D eigenvalue weighted by Gasteiger charge is 2.25. The van der Waals surface area contributed by atoms with Gasteiger partial charge in [0.15, 0.2) is 0 Å². The second-order valence-electron chi connectivity index (χ2n) is 5.64. The first-order valence-electron chi connectivity index (χ1n) is 6.11. The molecule has 0 unspecified atom stereocenters. The van der Waals surface area contributed by atoms with Gasteiger partial charge in [-0.1, -0.05) is 38.1 Å². The van der Waals surface area contributed by atoms with E-state index in [0.29, 0.717) is 11.4 Å². The van der Waals surface area contributed by atoms with Crippen LogP contribution in [0.2, 0.25) is 5.02 Å². The predicted molar refractivity (Wildman–Crippen MR) is 79.0 cm³/mol. The molecule has 0 N–H and O–H groups in total. The van der Waals surface area contributed by atoms with Gasteiger partial charge in [0, 0.05) is 10.4 Å². The normalized spacial score (nSPS) is 11.4. The van der Waals surface area contributed by atoms with E-state index in [-0.39, 0.29) is 11.2 Å². The van der Waals surface area contributed by atoms with Crippen LogP contribution in [0, 0.1) is 19.3 Å². The minimum Gasteiger partial charge on any atom is -0.299 e. The lowest BCUT2D eigenvalue weighted by Crippen LogP contribution is -2.21. The number of benzene rings is 1. The number of ketones is 1. The van der Waals surface area contributed by atoms with Crippen molar-refractivity contribution in [2.75, 3.05) is 0 Å². The van der Waals surface area contributed by atoms with Gasteiger partial charge in [0.1, 0.15) is 5.78 Å². The van der Waals surface area contributed by atoms with Crippen molar-refractivity contribution in [1.29, 1.82) is 0 Å². The molecular formula is C16H21ClO. The standard InChI is InChI=1S/C16H21ClO/c1-10-7-14(15(17)8-11(10)2)12(3)9-16(5,6)13(4)18/h7-8H,3,9H2,1-2,4-6H3. The maximum absolute atomic E-state index is 11.6. The van der Waals surface area contributed by atoms with Crippen LogP contribution >= 0.6 is 11.6 Å². The van der Waals surface area contributed by atoms with Crippen molar-refractivity contribution < 1.29 is 4.79 Å². The van der Waals surface area contributed by atoms with Gasteiger partial charge in [-0.15, -0.1) is 0 Å². The third-order valence-corrected chi connectivity index (χ3v) is 3.89. The van der Waals surface area contributed by atoms with Crippen LogP contribution in [0.15, 0.2) is 18.7 Å². The van der Waals surface area contributed by atoms with Gasteiger partial charge in [-0.2, -0.15) is 0 Å². The van der Waals surface area contributed by atoms with E-state index in [1.165, 1.54) is 11.1 Å². The van der Waals surface area contributed by atoms with E-state index < -0.39 is 0 Å². The van der Waals surface area contributed by atoms with E-state index in [1.807, 2.05) is 26.8 Å². The third-order valence-electron chi connectivity index (χ3n) is 3.57. The summed E-state index contributed by atoms with van der Waals surface area (Å²) in [5, 5.41) is 0.711. The minimum atomic E-state index is -0.390. The number of allylic oxidation sites excluding steroid dienone is 1. The van der Waals surface area contributed by atoms with Gasteiger partial charge < -0.3 is 0 Å². The van der Waals surface area contributed by atoms with Crippen LogP contribution in [0.1, 0.15) is 43.9 Å². The van der Waals surface area contributed by atoms with Crippen molar-refractivity contribution in [1.82, 2.24) is 0 Å². The Kier molecular flexibility index (Phi) is 4.39. The van der Waals surface area contributed by atoms with Crippen LogP contribution in [0.25, 0.3) is 5.57 Å². The van der Waals surface area contributed by atoms with Crippen LogP contribution < -0.4 is 0 Å². The van der Waals surface area contributed by atoms with Crippen molar-refractivity contribution in [3.63, 3.8) is 0 Å². The van der Waals surface area contributed by atoms with Gasteiger partial charge in [-0.25, -0.2) is 0 Å². The SMILES string of the molecule is C=C(CC(C)(C)C(C)=O)c1cc(C)c(C)cc1Cl. The Balaban J connectivity index is 3.06. The van der Waals surface area contributed by atoms with E-state index in [2.05, 4.69) is 19.6 Å². The zero-order valence-electron chi connectivity index (χ0n) is 11.9. The summed E-state index contributed by atoms with van der Waals surface area (Å²) >= 11 is 6.26. The Bertz CT molecular complexity index is 498. The summed E-state index contributed by atoms with van der Waals surface area (Å²) in [5.41, 5.74) is 3.84. The number of Topliss-reactive ketones (excluding diaryl/α,β-unsaturated/α-hetero) is 1. The van der Waals surface area contributed by atoms with Crippen molar-refractivity contribution in [2.45, 2.75) is 41.0 Å². The maximum atomic E-state index is 11.6. The van der Waals surface area contributed by atoms with Crippen LogP contribution in [0.4, 0.5) is 0 Å². The summed E-state index contributed by atoms with van der Waals surface area (Å²) in [4.78, 5) is 11.6. The van der Waals surface area contributed by atoms with Gasteiger partial charge >= 0.3 is 0 Å². The number of aryl methyl sites for hydroxylation is 2. The highest BCUT2D eigenvalue weighted by atomic mass is 35.5. The van der Waals surface area contributed by atoms with Gasteiger partial charge in [0.2, 0.25) is 0 Å². The summed E-state index contributed by atoms with van der Waals surface area (Å²) in [5.74, 6) is 0.170. The molecule has 0 atom stereocenters. The number of carbonyl (C=O) groups excluding carboxylic acids is 1. The van der Waals surface area contributed by atoms with E-state index >= 15 is 0 Å². The van der Waals surface area contributed by atoms with E-state index in [1.54, 1.807) is 6.92 Å². The molecule has 0 spiro atoms. The first-order chi connectivity index (χ1) is 8.15. The Labute approximate surface area is 115 Å². The molecule has 0 aliphatic rings. The summed E-state index contributed by atoms with van der Waals surface area (Å²) in [6, 6.07) is 4.01. The van der Waals surface area contributed by atoms with Crippen molar-refractivity contribution in [3.05, 3.63) is 40.4 Å². The Morgan fingerprint density at radius 2 is 1.78 bits per heavy atom. The first-order valence-corrected chi connectivity index (χ1v) is 6.49. The lowest BCUT2D eigenvalue weighted by Gasteiger charge is -2.23. The minimum absolute atomic E-state index is 0.170. The summed E-state index contributed by atoms with van der Waals surface area (Å²) in [7, 11) is 0. The summed E-state index contributed by atoms with van der Waals surface area (Å²) in [6.45, 7) is 13.7. The predicted octanol–water partition coefficient (Wildman–Crippen LogP) is 4.98. The molecule has 0 heterocycles. The largest absolute Gasteiger partial charge is 0.299 e. The van der Waals surface area contributed by atoms with Crippen LogP contribution in [0.3, 0.4) is 0 Å². The van der Waals surface area contributed by atoms with Crippen LogP contribution in [0.5, 0.6) is 0 Å². The molecule has 1 rings (SSSR count). The Hall–Kier alpha value is -1.08. The number of hydrogen-bond donors (Lipinski definition) is 0. The average Bonchev–Trinajstić information content (AvgIpc) is 2.22. The van der Waals surface area contributed by atoms with Gasteiger partial charge in [0.25, 0.3) is 0 Å². The highest BCUT2D eigenvalue weighted by molar-refractivity contribution is 6.32. The second-order valence-corrected chi connectivity index (χ2v) is 6.04. The van der Waals surface area contributed by atoms with Crippen molar-refractivity contribution in [2.24, 2.45) is 5.41 Å². The molecule has 1 aromatic carbocycles. The Morgan fingerprint density at radius 3 is 2.28 bits per heavy atom. The van der Waals surface area contributed by atoms with Gasteiger partial charge in [0.05, 0.1) is 0 Å². The number of hydrogen-bond acceptors (Lipinski definition) is 1. The first kappa shape index (κ1) is 15.0. The molecule has 0 bridgehead atoms. The number of rotatable bonds is 4. The fourth-order valence-electron chi connectivity index (χ4n) is 1.81. The topological polar surface area (TPSA) is 17.1 Å². The fourth-order valence-corrected chi connectivity index (χ4v) is 2.16. The lowest BCUT2D eigenvalue weighted by molar-refractivity contribution is -0.124. The molecule has 0 radical (unpaired) electrons. The van der Waals surface area contributed by atoms with Crippen LogP contribution in [-0.4, -0.2) is 5.78 Å². The van der Waals surface area contributed by atoms with Gasteiger partial charge in [-0.05, 0) is 55.5 Å². The molecule has 98 valence electrons. The molecule has 18 heavy (non-hydrogen) atoms. The zero-order valence-corrected chi connectivity index (χ0v) is 12.6. The smallest absolute Gasteiger partial charge is 0.135 e. The Morgan fingerprint density at radius 1 is 1.28 bits per heavy atom. The quantitative estimate of drug-likeness (QED) is 0.750. The monoisotopic (exact) mass is 264 g/mol. The molecule has 0 aromatic heterocycles. The van der Waals surface area contributed by atoms with E-state index in [4.69, 9.17) is 11.6 Å². The summed E-state index contributed by atoms with van der Waals surface area (Å²) in [6.07, 6.45) is 0.630. The zero-order chi connectivity index (χ0) is 14.1. The molecule has 0 amide bonds.